The van der Waals surface area contributed by atoms with Gasteiger partial charge in [-0.3, -0.25) is 4.79 Å². The van der Waals surface area contributed by atoms with Crippen molar-refractivity contribution >= 4 is 40.6 Å². The molecule has 2 aromatic carbocycles. The van der Waals surface area contributed by atoms with Crippen LogP contribution in [0, 0.1) is 5.92 Å². The molecule has 1 heterocycles. The van der Waals surface area contributed by atoms with E-state index in [0.717, 1.165) is 6.42 Å². The van der Waals surface area contributed by atoms with Gasteiger partial charge in [-0.15, -0.1) is 0 Å². The average molecular weight is 484 g/mol. The maximum Gasteiger partial charge on any atom is 0.207 e. The summed E-state index contributed by atoms with van der Waals surface area (Å²) in [5.74, 6) is 1.17. The minimum absolute atomic E-state index is 0.0496. The van der Waals surface area contributed by atoms with Crippen LogP contribution in [0.4, 0.5) is 0 Å². The van der Waals surface area contributed by atoms with Crippen LogP contribution in [0.25, 0.3) is 0 Å². The number of allylic oxidation sites excluding steroid dienone is 1. The lowest BCUT2D eigenvalue weighted by molar-refractivity contribution is -0.134. The Morgan fingerprint density at radius 1 is 1.00 bits per heavy atom. The van der Waals surface area contributed by atoms with E-state index < -0.39 is 0 Å². The molecule has 3 unspecified atom stereocenters. The zero-order valence-corrected chi connectivity index (χ0v) is 19.0. The van der Waals surface area contributed by atoms with Gasteiger partial charge >= 0.3 is 0 Å². The van der Waals surface area contributed by atoms with Crippen molar-refractivity contribution in [2.45, 2.75) is 38.1 Å². The van der Waals surface area contributed by atoms with Crippen molar-refractivity contribution < 1.29 is 23.7 Å². The maximum absolute atomic E-state index is 12.9. The third-order valence-electron chi connectivity index (χ3n) is 5.56. The van der Waals surface area contributed by atoms with Gasteiger partial charge in [-0.2, -0.15) is 0 Å². The molecule has 0 radical (unpaired) electrons. The van der Waals surface area contributed by atoms with Gasteiger partial charge in [0.15, 0.2) is 0 Å². The topological polar surface area (TPSA) is 54.0 Å². The Hall–Kier alpha value is -1.92. The first-order valence-electron chi connectivity index (χ1n) is 9.92. The standard InChI is InChI=1S/C23H21Cl3O5/c1-28-13-2-4-14(5-3-13)31-21-12-30-20-10-15(6-7-16(20)23(21)27)29-11-17-18(24)8-9-19(25)22(17)26/h2-5,8-9,12,15-16,20H,6-7,10-11H2,1H3. The first-order valence-corrected chi connectivity index (χ1v) is 11.1. The predicted molar refractivity (Wildman–Crippen MR) is 119 cm³/mol. The lowest BCUT2D eigenvalue weighted by Gasteiger charge is -2.37. The number of ketones is 1. The van der Waals surface area contributed by atoms with E-state index in [1.54, 1.807) is 43.5 Å². The van der Waals surface area contributed by atoms with Crippen LogP contribution < -0.4 is 9.47 Å². The second-order valence-corrected chi connectivity index (χ2v) is 8.67. The number of fused-ring (bicyclic) bond motifs is 1. The number of ether oxygens (including phenoxy) is 4. The van der Waals surface area contributed by atoms with Crippen LogP contribution in [-0.2, 0) is 20.9 Å². The molecule has 0 amide bonds. The van der Waals surface area contributed by atoms with Crippen LogP contribution in [0.1, 0.15) is 24.8 Å². The summed E-state index contributed by atoms with van der Waals surface area (Å²) < 4.78 is 22.8. The van der Waals surface area contributed by atoms with E-state index in [-0.39, 0.29) is 36.3 Å². The minimum Gasteiger partial charge on any atom is -0.497 e. The second kappa shape index (κ2) is 9.70. The van der Waals surface area contributed by atoms with Gasteiger partial charge in [0.05, 0.1) is 35.8 Å². The molecule has 1 fully saturated rings. The molecule has 0 aromatic heterocycles. The fourth-order valence-corrected chi connectivity index (χ4v) is 4.49. The summed E-state index contributed by atoms with van der Waals surface area (Å²) in [6.07, 6.45) is 3.05. The van der Waals surface area contributed by atoms with E-state index in [9.17, 15) is 4.79 Å². The molecule has 1 aliphatic carbocycles. The van der Waals surface area contributed by atoms with Crippen LogP contribution in [-0.4, -0.2) is 25.1 Å². The van der Waals surface area contributed by atoms with Crippen LogP contribution in [0.3, 0.4) is 0 Å². The first-order chi connectivity index (χ1) is 15.0. The van der Waals surface area contributed by atoms with Gasteiger partial charge in [0.25, 0.3) is 0 Å². The van der Waals surface area contributed by atoms with Gasteiger partial charge in [-0.25, -0.2) is 0 Å². The minimum atomic E-state index is -0.253. The fraction of sp³-hybridized carbons (Fsp3) is 0.348. The number of carbonyl (C=O) groups is 1. The van der Waals surface area contributed by atoms with Gasteiger partial charge in [0, 0.05) is 17.0 Å². The van der Waals surface area contributed by atoms with E-state index in [4.69, 9.17) is 53.8 Å². The number of rotatable bonds is 6. The molecule has 5 nitrogen and oxygen atoms in total. The van der Waals surface area contributed by atoms with Crippen molar-refractivity contribution in [1.82, 2.24) is 0 Å². The Kier molecular flexibility index (Phi) is 6.97. The highest BCUT2D eigenvalue weighted by molar-refractivity contribution is 6.44. The predicted octanol–water partition coefficient (Wildman–Crippen LogP) is 6.23. The fourth-order valence-electron chi connectivity index (χ4n) is 3.83. The third kappa shape index (κ3) is 4.96. The van der Waals surface area contributed by atoms with E-state index in [0.29, 0.717) is 45.0 Å². The van der Waals surface area contributed by atoms with Crippen LogP contribution in [0.2, 0.25) is 15.1 Å². The third-order valence-corrected chi connectivity index (χ3v) is 6.76. The number of methoxy groups -OCH3 is 1. The number of benzene rings is 2. The smallest absolute Gasteiger partial charge is 0.207 e. The molecule has 0 N–H and O–H groups in total. The first kappa shape index (κ1) is 22.3. The number of Topliss-reactive ketones (excluding diaryl/α,β-unsaturated/α-hetero) is 1. The summed E-state index contributed by atoms with van der Waals surface area (Å²) in [7, 11) is 1.59. The number of hydrogen-bond donors (Lipinski definition) is 0. The molecule has 1 saturated carbocycles. The highest BCUT2D eigenvalue weighted by Gasteiger charge is 2.41. The Morgan fingerprint density at radius 3 is 2.45 bits per heavy atom. The molecule has 164 valence electrons. The van der Waals surface area contributed by atoms with E-state index >= 15 is 0 Å². The van der Waals surface area contributed by atoms with Crippen LogP contribution >= 0.6 is 34.8 Å². The molecule has 0 saturated heterocycles. The van der Waals surface area contributed by atoms with E-state index in [1.807, 2.05) is 0 Å². The maximum atomic E-state index is 12.9. The van der Waals surface area contributed by atoms with Crippen molar-refractivity contribution in [1.29, 1.82) is 0 Å². The molecular formula is C23H21Cl3O5. The Morgan fingerprint density at radius 2 is 1.71 bits per heavy atom. The normalized spacial score (nSPS) is 22.9. The van der Waals surface area contributed by atoms with Gasteiger partial charge in [0.1, 0.15) is 23.9 Å². The molecule has 2 aromatic rings. The summed E-state index contributed by atoms with van der Waals surface area (Å²) >= 11 is 18.6. The average Bonchev–Trinajstić information content (AvgIpc) is 2.79. The lowest BCUT2D eigenvalue weighted by atomic mass is 9.80. The molecule has 31 heavy (non-hydrogen) atoms. The van der Waals surface area contributed by atoms with Crippen LogP contribution in [0.15, 0.2) is 48.4 Å². The molecular weight excluding hydrogens is 463 g/mol. The van der Waals surface area contributed by atoms with Crippen molar-refractivity contribution in [2.24, 2.45) is 5.92 Å². The Bertz CT molecular complexity index is 989. The van der Waals surface area contributed by atoms with Gasteiger partial charge in [-0.1, -0.05) is 34.8 Å². The van der Waals surface area contributed by atoms with Crippen LogP contribution in [0.5, 0.6) is 11.5 Å². The quantitative estimate of drug-likeness (QED) is 0.456. The number of hydrogen-bond acceptors (Lipinski definition) is 5. The highest BCUT2D eigenvalue weighted by atomic mass is 35.5. The summed E-state index contributed by atoms with van der Waals surface area (Å²) in [6, 6.07) is 10.4. The summed E-state index contributed by atoms with van der Waals surface area (Å²) in [4.78, 5) is 12.9. The van der Waals surface area contributed by atoms with Crippen molar-refractivity contribution in [3.63, 3.8) is 0 Å². The van der Waals surface area contributed by atoms with Gasteiger partial charge in [0.2, 0.25) is 11.5 Å². The molecule has 0 bridgehead atoms. The van der Waals surface area contributed by atoms with Crippen molar-refractivity contribution in [3.05, 3.63) is 69.1 Å². The summed E-state index contributed by atoms with van der Waals surface area (Å²) in [6.45, 7) is 0.246. The monoisotopic (exact) mass is 482 g/mol. The van der Waals surface area contributed by atoms with Crippen molar-refractivity contribution in [3.8, 4) is 11.5 Å². The lowest BCUT2D eigenvalue weighted by Crippen LogP contribution is -2.42. The van der Waals surface area contributed by atoms with E-state index in [2.05, 4.69) is 0 Å². The summed E-state index contributed by atoms with van der Waals surface area (Å²) in [5, 5.41) is 1.34. The molecule has 3 atom stereocenters. The largest absolute Gasteiger partial charge is 0.497 e. The molecule has 1 aliphatic heterocycles. The highest BCUT2D eigenvalue weighted by Crippen LogP contribution is 2.37. The molecule has 0 spiro atoms. The Balaban J connectivity index is 1.36. The zero-order chi connectivity index (χ0) is 22.0. The molecule has 4 rings (SSSR count). The Labute approximate surface area is 195 Å². The zero-order valence-electron chi connectivity index (χ0n) is 16.8. The number of halogens is 3. The van der Waals surface area contributed by atoms with Gasteiger partial charge in [-0.05, 0) is 49.2 Å². The van der Waals surface area contributed by atoms with E-state index in [1.165, 1.54) is 6.26 Å². The summed E-state index contributed by atoms with van der Waals surface area (Å²) in [5.41, 5.74) is 0.661. The van der Waals surface area contributed by atoms with Gasteiger partial charge < -0.3 is 18.9 Å². The van der Waals surface area contributed by atoms with Crippen molar-refractivity contribution in [2.75, 3.05) is 7.11 Å². The second-order valence-electron chi connectivity index (χ2n) is 7.47. The molecule has 2 aliphatic rings. The number of carbonyl (C=O) groups excluding carboxylic acids is 1. The SMILES string of the molecule is COc1ccc(OC2=COC3CC(OCc4c(Cl)ccc(Cl)c4Cl)CCC3C2=O)cc1. The molecule has 8 heteroatoms.